The fraction of sp³-hybridized carbons (Fsp3) is 0.692. The molecule has 2 heterocycles. The third-order valence-electron chi connectivity index (χ3n) is 7.00. The highest BCUT2D eigenvalue weighted by atomic mass is 16.5. The van der Waals surface area contributed by atoms with Gasteiger partial charge in [-0.25, -0.2) is 0 Å². The summed E-state index contributed by atoms with van der Waals surface area (Å²) in [6.07, 6.45) is 19.7. The van der Waals surface area contributed by atoms with Crippen molar-refractivity contribution in [2.24, 2.45) is 23.7 Å². The summed E-state index contributed by atoms with van der Waals surface area (Å²) in [6.45, 7) is 21.3. The fourth-order valence-corrected chi connectivity index (χ4v) is 4.17. The minimum absolute atomic E-state index is 0.0463. The van der Waals surface area contributed by atoms with Crippen molar-refractivity contribution in [3.05, 3.63) is 38.0 Å². The summed E-state index contributed by atoms with van der Waals surface area (Å²) in [5.41, 5.74) is 0. The Balaban J connectivity index is -0.000000125. The van der Waals surface area contributed by atoms with E-state index in [2.05, 4.69) is 56.9 Å². The van der Waals surface area contributed by atoms with E-state index in [1.807, 2.05) is 12.2 Å². The molecule has 0 aromatic rings. The molecule has 0 spiro atoms. The lowest BCUT2D eigenvalue weighted by Crippen LogP contribution is -2.05. The largest absolute Gasteiger partial charge is 0.469 e. The first-order valence-electron chi connectivity index (χ1n) is 17.7. The molecule has 306 valence electrons. The zero-order valence-corrected chi connectivity index (χ0v) is 32.7. The smallest absolute Gasteiger partial charge is 0.373 e. The van der Waals surface area contributed by atoms with Gasteiger partial charge in [0.2, 0.25) is 0 Å². The molecule has 4 atom stereocenters. The first-order chi connectivity index (χ1) is 25.3. The van der Waals surface area contributed by atoms with Crippen LogP contribution in [0.2, 0.25) is 0 Å². The van der Waals surface area contributed by atoms with Gasteiger partial charge in [-0.1, -0.05) is 71.6 Å². The van der Waals surface area contributed by atoms with E-state index >= 15 is 0 Å². The van der Waals surface area contributed by atoms with Crippen LogP contribution in [0.25, 0.3) is 0 Å². The molecule has 0 amide bonds. The summed E-state index contributed by atoms with van der Waals surface area (Å²) >= 11 is 0. The minimum Gasteiger partial charge on any atom is -0.469 e. The SMILES string of the molecule is C=CCC(C)CCC.C=CCC(C)CCO.C=CCC1CCOC1=O.COC(=O)CCCCC(C)CCO.O=C1CCCO1.O=C=O.O=C=O.O=C=O. The molecule has 0 radical (unpaired) electrons. The third-order valence-corrected chi connectivity index (χ3v) is 7.00. The summed E-state index contributed by atoms with van der Waals surface area (Å²) < 4.78 is 13.8. The predicted molar refractivity (Wildman–Crippen MR) is 195 cm³/mol. The number of cyclic esters (lactones) is 2. The Hall–Kier alpha value is -4.31. The molecule has 2 rings (SSSR count). The first-order valence-corrected chi connectivity index (χ1v) is 17.7. The van der Waals surface area contributed by atoms with Gasteiger partial charge in [0.15, 0.2) is 0 Å². The summed E-state index contributed by atoms with van der Waals surface area (Å²) in [7, 11) is 1.41. The Kier molecular flexibility index (Phi) is 62.4. The van der Waals surface area contributed by atoms with Crippen LogP contribution in [-0.2, 0) is 57.4 Å². The second-order valence-corrected chi connectivity index (χ2v) is 11.8. The molecule has 0 aliphatic carbocycles. The Morgan fingerprint density at radius 1 is 0.792 bits per heavy atom. The Labute approximate surface area is 316 Å². The maximum Gasteiger partial charge on any atom is 0.373 e. The van der Waals surface area contributed by atoms with Crippen molar-refractivity contribution in [1.82, 2.24) is 0 Å². The van der Waals surface area contributed by atoms with Crippen molar-refractivity contribution >= 4 is 36.4 Å². The quantitative estimate of drug-likeness (QED) is 0.0750. The van der Waals surface area contributed by atoms with Crippen LogP contribution in [-0.4, -0.2) is 80.1 Å². The van der Waals surface area contributed by atoms with Crippen LogP contribution in [0.5, 0.6) is 0 Å². The average molecular weight is 759 g/mol. The monoisotopic (exact) mass is 758 g/mol. The third kappa shape index (κ3) is 63.2. The second-order valence-electron chi connectivity index (χ2n) is 11.8. The van der Waals surface area contributed by atoms with E-state index in [1.54, 1.807) is 6.08 Å². The fourth-order valence-electron chi connectivity index (χ4n) is 4.17. The van der Waals surface area contributed by atoms with E-state index in [1.165, 1.54) is 26.4 Å². The molecule has 14 nitrogen and oxygen atoms in total. The molecule has 2 saturated heterocycles. The molecule has 2 N–H and O–H groups in total. The summed E-state index contributed by atoms with van der Waals surface area (Å²) in [6, 6.07) is 0. The van der Waals surface area contributed by atoms with Crippen LogP contribution < -0.4 is 0 Å². The van der Waals surface area contributed by atoms with E-state index in [9.17, 15) is 14.4 Å². The van der Waals surface area contributed by atoms with Gasteiger partial charge >= 0.3 is 36.4 Å². The van der Waals surface area contributed by atoms with Crippen LogP contribution in [0.3, 0.4) is 0 Å². The highest BCUT2D eigenvalue weighted by molar-refractivity contribution is 5.74. The summed E-state index contributed by atoms with van der Waals surface area (Å²) in [5, 5.41) is 17.1. The highest BCUT2D eigenvalue weighted by Crippen LogP contribution is 2.17. The Morgan fingerprint density at radius 2 is 1.28 bits per heavy atom. The van der Waals surface area contributed by atoms with Crippen molar-refractivity contribution in [2.45, 2.75) is 118 Å². The van der Waals surface area contributed by atoms with E-state index in [0.717, 1.165) is 63.7 Å². The van der Waals surface area contributed by atoms with Crippen molar-refractivity contribution in [3.8, 4) is 0 Å². The maximum atomic E-state index is 10.7. The van der Waals surface area contributed by atoms with Gasteiger partial charge in [0.25, 0.3) is 0 Å². The van der Waals surface area contributed by atoms with Crippen molar-refractivity contribution in [1.29, 1.82) is 0 Å². The van der Waals surface area contributed by atoms with Crippen molar-refractivity contribution in [3.63, 3.8) is 0 Å². The van der Waals surface area contributed by atoms with Gasteiger partial charge in [0.05, 0.1) is 26.2 Å². The number of unbranched alkanes of at least 4 members (excludes halogenated alkanes) is 1. The molecular formula is C39H66O14. The zero-order chi connectivity index (χ0) is 42.1. The predicted octanol–water partition coefficient (Wildman–Crippen LogP) is 6.02. The van der Waals surface area contributed by atoms with Crippen molar-refractivity contribution in [2.75, 3.05) is 33.5 Å². The van der Waals surface area contributed by atoms with Gasteiger partial charge in [-0.15, -0.1) is 19.7 Å². The topological polar surface area (TPSA) is 222 Å². The van der Waals surface area contributed by atoms with Crippen LogP contribution in [0.15, 0.2) is 38.0 Å². The number of hydrogen-bond donors (Lipinski definition) is 2. The molecule has 0 aromatic carbocycles. The van der Waals surface area contributed by atoms with Gasteiger partial charge in [-0.2, -0.15) is 28.8 Å². The number of carbonyl (C=O) groups is 3. The Morgan fingerprint density at radius 3 is 1.60 bits per heavy atom. The van der Waals surface area contributed by atoms with Crippen LogP contribution in [0.1, 0.15) is 118 Å². The van der Waals surface area contributed by atoms with E-state index in [0.29, 0.717) is 44.5 Å². The van der Waals surface area contributed by atoms with Gasteiger partial charge in [0, 0.05) is 26.1 Å². The minimum atomic E-state index is -0.130. The molecule has 53 heavy (non-hydrogen) atoms. The molecule has 4 unspecified atom stereocenters. The molecule has 14 heteroatoms. The average Bonchev–Trinajstić information content (AvgIpc) is 3.76. The molecule has 2 aliphatic heterocycles. The first kappa shape index (κ1) is 60.8. The van der Waals surface area contributed by atoms with Crippen molar-refractivity contribution < 1.29 is 67.6 Å². The van der Waals surface area contributed by atoms with E-state index < -0.39 is 0 Å². The van der Waals surface area contributed by atoms with Crippen LogP contribution in [0, 0.1) is 23.7 Å². The molecule has 0 aromatic heterocycles. The molecule has 2 fully saturated rings. The Bertz CT molecular complexity index is 922. The number of esters is 3. The summed E-state index contributed by atoms with van der Waals surface area (Å²) in [5.74, 6) is 1.86. The standard InChI is InChI=1S/C10H20O3.C8H16.C7H10O2.C7H14O.C4H6O2.3CO2/c1-9(7-8-11)5-3-4-6-10(12)13-2;1-4-6-8(3)7-5-2;1-2-3-6-4-5-9-7(6)8;1-3-4-7(2)5-6-8;5-4-2-1-3-6-4;3*2-1-3/h9,11H,3-8H2,1-2H3;4,8H,1,5-7H2,2-3H3;2,6H,1,3-5H2;3,7-8H,1,4-6H2,2H3;1-3H2;;;. The number of aliphatic hydroxyl groups is 2. The molecule has 0 saturated carbocycles. The molecule has 2 aliphatic rings. The van der Waals surface area contributed by atoms with E-state index in [4.69, 9.17) is 43.7 Å². The number of hydrogen-bond acceptors (Lipinski definition) is 14. The second kappa shape index (κ2) is 54.5. The lowest BCUT2D eigenvalue weighted by molar-refractivity contribution is -0.193. The van der Waals surface area contributed by atoms with E-state index in [-0.39, 0.29) is 48.9 Å². The summed E-state index contributed by atoms with van der Waals surface area (Å²) in [4.78, 5) is 80.2. The normalized spacial score (nSPS) is 14.3. The number of rotatable bonds is 17. The number of methoxy groups -OCH3 is 1. The van der Waals surface area contributed by atoms with Gasteiger partial charge in [-0.05, 0) is 69.1 Å². The lowest BCUT2D eigenvalue weighted by atomic mass is 10.0. The molecule has 0 bridgehead atoms. The molecular weight excluding hydrogens is 692 g/mol. The lowest BCUT2D eigenvalue weighted by Gasteiger charge is -2.08. The highest BCUT2D eigenvalue weighted by Gasteiger charge is 2.24. The van der Waals surface area contributed by atoms with Gasteiger partial charge < -0.3 is 24.4 Å². The zero-order valence-electron chi connectivity index (χ0n) is 32.7. The van der Waals surface area contributed by atoms with Gasteiger partial charge in [-0.3, -0.25) is 14.4 Å². The number of carbonyl (C=O) groups excluding carboxylic acids is 9. The van der Waals surface area contributed by atoms with Gasteiger partial charge in [0.1, 0.15) is 0 Å². The van der Waals surface area contributed by atoms with Crippen LogP contribution in [0.4, 0.5) is 0 Å². The van der Waals surface area contributed by atoms with Crippen LogP contribution >= 0.6 is 0 Å². The number of ether oxygens (including phenoxy) is 3. The number of aliphatic hydroxyl groups excluding tert-OH is 2. The number of allylic oxidation sites excluding steroid dienone is 3. The maximum absolute atomic E-state index is 10.7.